The molecule has 2 amide bonds. The summed E-state index contributed by atoms with van der Waals surface area (Å²) in [5.41, 5.74) is 3.61. The van der Waals surface area contributed by atoms with Crippen LogP contribution in [0.25, 0.3) is 0 Å². The molecule has 0 saturated carbocycles. The van der Waals surface area contributed by atoms with Crippen LogP contribution in [0.4, 0.5) is 0 Å². The van der Waals surface area contributed by atoms with E-state index in [1.54, 1.807) is 42.5 Å². The van der Waals surface area contributed by atoms with E-state index in [0.717, 1.165) is 5.56 Å². The highest BCUT2D eigenvalue weighted by Crippen LogP contribution is 2.32. The first kappa shape index (κ1) is 21.7. The van der Waals surface area contributed by atoms with Gasteiger partial charge in [0, 0.05) is 5.56 Å². The molecule has 0 spiro atoms. The predicted molar refractivity (Wildman–Crippen MR) is 115 cm³/mol. The van der Waals surface area contributed by atoms with Gasteiger partial charge in [0.2, 0.25) is 6.79 Å². The van der Waals surface area contributed by atoms with Gasteiger partial charge in [-0.3, -0.25) is 9.59 Å². The standard InChI is InChI=1S/C23H23N3O5/c1-4-11-29-18-8-5-16(6-9-18)13-24-26-23(28)21(15(2)3)25-22(27)17-7-10-19-20(12-17)31-14-30-19/h1,5-10,12-13,15,21H,11,14H2,2-3H3,(H,25,27)(H,26,28)/b24-13+. The van der Waals surface area contributed by atoms with Gasteiger partial charge < -0.3 is 19.5 Å². The number of hydrogen-bond donors (Lipinski definition) is 2. The first-order valence-electron chi connectivity index (χ1n) is 9.67. The van der Waals surface area contributed by atoms with Crippen LogP contribution < -0.4 is 25.0 Å². The molecule has 0 bridgehead atoms. The molecular formula is C23H23N3O5. The lowest BCUT2D eigenvalue weighted by molar-refractivity contribution is -0.123. The SMILES string of the molecule is C#CCOc1ccc(/C=N/NC(=O)C(NC(=O)c2ccc3c(c2)OCO3)C(C)C)cc1. The number of hydrogen-bond acceptors (Lipinski definition) is 6. The second kappa shape index (κ2) is 10.2. The van der Waals surface area contributed by atoms with Crippen LogP contribution in [0.5, 0.6) is 17.2 Å². The van der Waals surface area contributed by atoms with Crippen molar-refractivity contribution in [1.82, 2.24) is 10.7 Å². The van der Waals surface area contributed by atoms with Gasteiger partial charge in [0.05, 0.1) is 6.21 Å². The molecule has 0 aliphatic carbocycles. The molecule has 31 heavy (non-hydrogen) atoms. The number of carbonyl (C=O) groups excluding carboxylic acids is 2. The van der Waals surface area contributed by atoms with Crippen LogP contribution in [-0.4, -0.2) is 37.5 Å². The van der Waals surface area contributed by atoms with Crippen LogP contribution >= 0.6 is 0 Å². The van der Waals surface area contributed by atoms with Crippen molar-refractivity contribution in [2.45, 2.75) is 19.9 Å². The van der Waals surface area contributed by atoms with Crippen LogP contribution in [0.1, 0.15) is 29.8 Å². The molecule has 1 atom stereocenters. The summed E-state index contributed by atoms with van der Waals surface area (Å²) in [7, 11) is 0. The normalized spacial score (nSPS) is 13.0. The highest BCUT2D eigenvalue weighted by Gasteiger charge is 2.25. The minimum Gasteiger partial charge on any atom is -0.481 e. The molecule has 0 fully saturated rings. The fraction of sp³-hybridized carbons (Fsp3) is 0.261. The largest absolute Gasteiger partial charge is 0.481 e. The Bertz CT molecular complexity index is 1010. The van der Waals surface area contributed by atoms with Crippen molar-refractivity contribution in [2.24, 2.45) is 11.0 Å². The van der Waals surface area contributed by atoms with Gasteiger partial charge in [-0.05, 0) is 53.9 Å². The molecule has 0 radical (unpaired) electrons. The molecule has 1 heterocycles. The fourth-order valence-corrected chi connectivity index (χ4v) is 2.81. The zero-order chi connectivity index (χ0) is 22.2. The lowest BCUT2D eigenvalue weighted by Crippen LogP contribution is -2.48. The summed E-state index contributed by atoms with van der Waals surface area (Å²) in [6.45, 7) is 3.99. The smallest absolute Gasteiger partial charge is 0.262 e. The fourth-order valence-electron chi connectivity index (χ4n) is 2.81. The topological polar surface area (TPSA) is 98.2 Å². The molecule has 8 nitrogen and oxygen atoms in total. The van der Waals surface area contributed by atoms with Crippen molar-refractivity contribution < 1.29 is 23.8 Å². The van der Waals surface area contributed by atoms with Gasteiger partial charge in [-0.2, -0.15) is 5.10 Å². The van der Waals surface area contributed by atoms with Crippen LogP contribution in [0.3, 0.4) is 0 Å². The Morgan fingerprint density at radius 2 is 1.94 bits per heavy atom. The highest BCUT2D eigenvalue weighted by atomic mass is 16.7. The Balaban J connectivity index is 1.58. The first-order valence-corrected chi connectivity index (χ1v) is 9.67. The monoisotopic (exact) mass is 421 g/mol. The molecule has 2 aromatic rings. The van der Waals surface area contributed by atoms with Crippen molar-refractivity contribution in [3.05, 3.63) is 53.6 Å². The molecular weight excluding hydrogens is 398 g/mol. The number of hydrazone groups is 1. The van der Waals surface area contributed by atoms with E-state index in [9.17, 15) is 9.59 Å². The minimum absolute atomic E-state index is 0.121. The Kier molecular flexibility index (Phi) is 7.12. The summed E-state index contributed by atoms with van der Waals surface area (Å²) in [5.74, 6) is 3.16. The average molecular weight is 421 g/mol. The summed E-state index contributed by atoms with van der Waals surface area (Å²) in [4.78, 5) is 25.2. The van der Waals surface area contributed by atoms with Crippen molar-refractivity contribution in [3.63, 3.8) is 0 Å². The van der Waals surface area contributed by atoms with Gasteiger partial charge in [-0.25, -0.2) is 5.43 Å². The van der Waals surface area contributed by atoms with Crippen molar-refractivity contribution in [3.8, 4) is 29.6 Å². The van der Waals surface area contributed by atoms with Crippen LogP contribution in [0, 0.1) is 18.3 Å². The minimum atomic E-state index is -0.769. The van der Waals surface area contributed by atoms with E-state index >= 15 is 0 Å². The molecule has 2 aromatic carbocycles. The number of nitrogens with one attached hydrogen (secondary N) is 2. The number of nitrogens with zero attached hydrogens (tertiary/aromatic N) is 1. The van der Waals surface area contributed by atoms with E-state index in [4.69, 9.17) is 20.6 Å². The number of amides is 2. The zero-order valence-electron chi connectivity index (χ0n) is 17.3. The van der Waals surface area contributed by atoms with E-state index < -0.39 is 17.9 Å². The van der Waals surface area contributed by atoms with Crippen molar-refractivity contribution in [1.29, 1.82) is 0 Å². The molecule has 0 aromatic heterocycles. The molecule has 0 saturated heterocycles. The van der Waals surface area contributed by atoms with Gasteiger partial charge in [0.25, 0.3) is 11.8 Å². The summed E-state index contributed by atoms with van der Waals surface area (Å²) >= 11 is 0. The number of rotatable bonds is 8. The third kappa shape index (κ3) is 5.76. The number of fused-ring (bicyclic) bond motifs is 1. The van der Waals surface area contributed by atoms with Gasteiger partial charge in [-0.1, -0.05) is 19.8 Å². The highest BCUT2D eigenvalue weighted by molar-refractivity contribution is 5.98. The maximum atomic E-state index is 12.6. The number of carbonyl (C=O) groups is 2. The molecule has 3 rings (SSSR count). The molecule has 8 heteroatoms. The number of benzene rings is 2. The Morgan fingerprint density at radius 1 is 1.19 bits per heavy atom. The van der Waals surface area contributed by atoms with E-state index in [-0.39, 0.29) is 19.3 Å². The second-order valence-corrected chi connectivity index (χ2v) is 7.06. The lowest BCUT2D eigenvalue weighted by atomic mass is 10.0. The molecule has 2 N–H and O–H groups in total. The summed E-state index contributed by atoms with van der Waals surface area (Å²) in [6, 6.07) is 11.2. The molecule has 160 valence electrons. The van der Waals surface area contributed by atoms with E-state index in [2.05, 4.69) is 21.8 Å². The third-order valence-corrected chi connectivity index (χ3v) is 4.46. The zero-order valence-corrected chi connectivity index (χ0v) is 17.3. The lowest BCUT2D eigenvalue weighted by Gasteiger charge is -2.20. The van der Waals surface area contributed by atoms with E-state index in [0.29, 0.717) is 22.8 Å². The number of ether oxygens (including phenoxy) is 3. The maximum Gasteiger partial charge on any atom is 0.262 e. The first-order chi connectivity index (χ1) is 15.0. The quantitative estimate of drug-likeness (QED) is 0.387. The van der Waals surface area contributed by atoms with Gasteiger partial charge in [0.1, 0.15) is 18.4 Å². The van der Waals surface area contributed by atoms with Crippen LogP contribution in [0.2, 0.25) is 0 Å². The Labute approximate surface area is 180 Å². The van der Waals surface area contributed by atoms with Crippen LogP contribution in [-0.2, 0) is 4.79 Å². The Morgan fingerprint density at radius 3 is 2.65 bits per heavy atom. The van der Waals surface area contributed by atoms with E-state index in [1.165, 1.54) is 6.21 Å². The van der Waals surface area contributed by atoms with Crippen molar-refractivity contribution >= 4 is 18.0 Å². The van der Waals surface area contributed by atoms with E-state index in [1.807, 2.05) is 13.8 Å². The van der Waals surface area contributed by atoms with Gasteiger partial charge in [0.15, 0.2) is 11.5 Å². The second-order valence-electron chi connectivity index (χ2n) is 7.06. The summed E-state index contributed by atoms with van der Waals surface area (Å²) in [6.07, 6.45) is 6.66. The molecule has 1 unspecified atom stereocenters. The van der Waals surface area contributed by atoms with Crippen LogP contribution in [0.15, 0.2) is 47.6 Å². The molecule has 1 aliphatic rings. The number of terminal acetylenes is 1. The summed E-state index contributed by atoms with van der Waals surface area (Å²) in [5, 5.41) is 6.72. The van der Waals surface area contributed by atoms with Crippen molar-refractivity contribution in [2.75, 3.05) is 13.4 Å². The predicted octanol–water partition coefficient (Wildman–Crippen LogP) is 2.33. The maximum absolute atomic E-state index is 12.6. The Hall–Kier alpha value is -3.99. The third-order valence-electron chi connectivity index (χ3n) is 4.46. The molecule has 1 aliphatic heterocycles. The van der Waals surface area contributed by atoms with Gasteiger partial charge in [-0.15, -0.1) is 6.42 Å². The van der Waals surface area contributed by atoms with Gasteiger partial charge >= 0.3 is 0 Å². The summed E-state index contributed by atoms with van der Waals surface area (Å²) < 4.78 is 15.8. The average Bonchev–Trinajstić information content (AvgIpc) is 3.24.